The number of likely N-dealkylation sites (tertiary alicyclic amines) is 1. The highest BCUT2D eigenvalue weighted by Gasteiger charge is 2.44. The molecule has 1 heterocycles. The van der Waals surface area contributed by atoms with Crippen molar-refractivity contribution in [3.63, 3.8) is 0 Å². The second-order valence-corrected chi connectivity index (χ2v) is 5.63. The summed E-state index contributed by atoms with van der Waals surface area (Å²) in [6.45, 7) is 6.88. The first-order chi connectivity index (χ1) is 7.11. The van der Waals surface area contributed by atoms with E-state index in [9.17, 15) is 5.11 Å². The number of aliphatic hydroxyl groups is 1. The van der Waals surface area contributed by atoms with Crippen LogP contribution in [-0.4, -0.2) is 36.1 Å². The third-order valence-electron chi connectivity index (χ3n) is 3.77. The quantitative estimate of drug-likeness (QED) is 0.723. The van der Waals surface area contributed by atoms with Crippen LogP contribution >= 0.6 is 0 Å². The SMILES string of the molecule is CC(C)COC(O)N1CCC2(CCC2)C1. The van der Waals surface area contributed by atoms with Crippen LogP contribution in [0.5, 0.6) is 0 Å². The number of rotatable bonds is 4. The summed E-state index contributed by atoms with van der Waals surface area (Å²) in [5.41, 5.74) is 0.544. The lowest BCUT2D eigenvalue weighted by Gasteiger charge is -2.38. The predicted molar refractivity (Wildman–Crippen MR) is 59.3 cm³/mol. The smallest absolute Gasteiger partial charge is 0.216 e. The minimum Gasteiger partial charge on any atom is -0.356 e. The summed E-state index contributed by atoms with van der Waals surface area (Å²) in [4.78, 5) is 2.08. The molecule has 0 aromatic rings. The minimum absolute atomic E-state index is 0.486. The molecule has 1 aliphatic heterocycles. The standard InChI is InChI=1S/C12H23NO2/c1-10(2)8-15-11(14)13-7-6-12(9-13)4-3-5-12/h10-11,14H,3-9H2,1-2H3. The van der Waals surface area contributed by atoms with Gasteiger partial charge in [0, 0.05) is 13.1 Å². The van der Waals surface area contributed by atoms with Gasteiger partial charge < -0.3 is 9.84 Å². The molecule has 3 heteroatoms. The Balaban J connectivity index is 1.75. The van der Waals surface area contributed by atoms with Crippen LogP contribution in [0.4, 0.5) is 0 Å². The van der Waals surface area contributed by atoms with Crippen molar-refractivity contribution in [1.29, 1.82) is 0 Å². The summed E-state index contributed by atoms with van der Waals surface area (Å²) in [5.74, 6) is 0.486. The Hall–Kier alpha value is -0.120. The van der Waals surface area contributed by atoms with Gasteiger partial charge in [0.05, 0.1) is 6.61 Å². The van der Waals surface area contributed by atoms with Crippen LogP contribution in [0.1, 0.15) is 39.5 Å². The molecule has 0 aromatic heterocycles. The first-order valence-corrected chi connectivity index (χ1v) is 6.15. The second-order valence-electron chi connectivity index (χ2n) is 5.63. The van der Waals surface area contributed by atoms with Crippen LogP contribution in [0.15, 0.2) is 0 Å². The van der Waals surface area contributed by atoms with Crippen molar-refractivity contribution in [1.82, 2.24) is 4.90 Å². The molecule has 1 saturated heterocycles. The van der Waals surface area contributed by atoms with Gasteiger partial charge in [0.25, 0.3) is 0 Å². The van der Waals surface area contributed by atoms with Crippen LogP contribution in [0.2, 0.25) is 0 Å². The molecule has 0 radical (unpaired) electrons. The monoisotopic (exact) mass is 213 g/mol. The van der Waals surface area contributed by atoms with Crippen LogP contribution < -0.4 is 0 Å². The van der Waals surface area contributed by atoms with E-state index >= 15 is 0 Å². The van der Waals surface area contributed by atoms with E-state index in [-0.39, 0.29) is 0 Å². The van der Waals surface area contributed by atoms with Gasteiger partial charge in [-0.25, -0.2) is 0 Å². The topological polar surface area (TPSA) is 32.7 Å². The molecule has 2 aliphatic rings. The molecule has 15 heavy (non-hydrogen) atoms. The average molecular weight is 213 g/mol. The van der Waals surface area contributed by atoms with E-state index in [1.807, 2.05) is 0 Å². The molecule has 2 rings (SSSR count). The van der Waals surface area contributed by atoms with E-state index in [0.717, 1.165) is 13.1 Å². The van der Waals surface area contributed by atoms with Gasteiger partial charge in [-0.3, -0.25) is 4.90 Å². The molecule has 1 aliphatic carbocycles. The van der Waals surface area contributed by atoms with E-state index in [1.54, 1.807) is 0 Å². The molecule has 3 nitrogen and oxygen atoms in total. The van der Waals surface area contributed by atoms with E-state index in [0.29, 0.717) is 17.9 Å². The number of ether oxygens (including phenoxy) is 1. The van der Waals surface area contributed by atoms with E-state index in [2.05, 4.69) is 18.7 Å². The largest absolute Gasteiger partial charge is 0.356 e. The number of aliphatic hydroxyl groups excluding tert-OH is 1. The molecular weight excluding hydrogens is 190 g/mol. The Morgan fingerprint density at radius 1 is 1.33 bits per heavy atom. The Bertz CT molecular complexity index is 214. The Labute approximate surface area is 92.4 Å². The molecule has 1 unspecified atom stereocenters. The zero-order chi connectivity index (χ0) is 10.9. The van der Waals surface area contributed by atoms with Gasteiger partial charge in [-0.2, -0.15) is 0 Å². The molecule has 88 valence electrons. The van der Waals surface area contributed by atoms with Crippen molar-refractivity contribution in [2.24, 2.45) is 11.3 Å². The molecule has 0 amide bonds. The summed E-state index contributed by atoms with van der Waals surface area (Å²) >= 11 is 0. The van der Waals surface area contributed by atoms with Gasteiger partial charge in [0.2, 0.25) is 6.41 Å². The fourth-order valence-corrected chi connectivity index (χ4v) is 2.63. The number of nitrogens with zero attached hydrogens (tertiary/aromatic N) is 1. The average Bonchev–Trinajstić information content (AvgIpc) is 2.58. The fourth-order valence-electron chi connectivity index (χ4n) is 2.63. The first-order valence-electron chi connectivity index (χ1n) is 6.15. The van der Waals surface area contributed by atoms with Crippen molar-refractivity contribution in [2.75, 3.05) is 19.7 Å². The fraction of sp³-hybridized carbons (Fsp3) is 1.00. The van der Waals surface area contributed by atoms with Gasteiger partial charge >= 0.3 is 0 Å². The van der Waals surface area contributed by atoms with Crippen LogP contribution in [0.25, 0.3) is 0 Å². The molecule has 0 bridgehead atoms. The molecule has 1 saturated carbocycles. The highest BCUT2D eigenvalue weighted by molar-refractivity contribution is 4.95. The van der Waals surface area contributed by atoms with Crippen molar-refractivity contribution in [3.8, 4) is 0 Å². The van der Waals surface area contributed by atoms with Crippen molar-refractivity contribution in [3.05, 3.63) is 0 Å². The highest BCUT2D eigenvalue weighted by atomic mass is 16.6. The normalized spacial score (nSPS) is 27.2. The first kappa shape index (κ1) is 11.4. The lowest BCUT2D eigenvalue weighted by atomic mass is 9.68. The third-order valence-corrected chi connectivity index (χ3v) is 3.77. The van der Waals surface area contributed by atoms with Crippen LogP contribution in [0, 0.1) is 11.3 Å². The predicted octanol–water partition coefficient (Wildman–Crippen LogP) is 1.81. The maximum atomic E-state index is 9.85. The van der Waals surface area contributed by atoms with Gasteiger partial charge in [-0.1, -0.05) is 20.3 Å². The molecule has 1 spiro atoms. The second kappa shape index (κ2) is 4.40. The van der Waals surface area contributed by atoms with Crippen LogP contribution in [-0.2, 0) is 4.74 Å². The van der Waals surface area contributed by atoms with Gasteiger partial charge in [-0.15, -0.1) is 0 Å². The number of hydrogen-bond donors (Lipinski definition) is 1. The van der Waals surface area contributed by atoms with E-state index in [4.69, 9.17) is 4.74 Å². The molecule has 2 fully saturated rings. The minimum atomic E-state index is -0.674. The van der Waals surface area contributed by atoms with Gasteiger partial charge in [-0.05, 0) is 30.6 Å². The lowest BCUT2D eigenvalue weighted by molar-refractivity contribution is -0.194. The highest BCUT2D eigenvalue weighted by Crippen LogP contribution is 2.48. The van der Waals surface area contributed by atoms with Crippen molar-refractivity contribution >= 4 is 0 Å². The summed E-state index contributed by atoms with van der Waals surface area (Å²) in [6.07, 6.45) is 4.64. The maximum absolute atomic E-state index is 9.85. The summed E-state index contributed by atoms with van der Waals surface area (Å²) < 4.78 is 5.43. The Kier molecular flexibility index (Phi) is 3.33. The molecule has 1 N–H and O–H groups in total. The number of hydrogen-bond acceptors (Lipinski definition) is 3. The third kappa shape index (κ3) is 2.52. The van der Waals surface area contributed by atoms with Crippen molar-refractivity contribution in [2.45, 2.75) is 45.9 Å². The summed E-state index contributed by atoms with van der Waals surface area (Å²) in [6, 6.07) is 0. The zero-order valence-corrected chi connectivity index (χ0v) is 9.91. The Morgan fingerprint density at radius 3 is 2.53 bits per heavy atom. The summed E-state index contributed by atoms with van der Waals surface area (Å²) in [5, 5.41) is 9.85. The zero-order valence-electron chi connectivity index (χ0n) is 9.91. The Morgan fingerprint density at radius 2 is 2.07 bits per heavy atom. The van der Waals surface area contributed by atoms with E-state index < -0.39 is 6.41 Å². The van der Waals surface area contributed by atoms with Gasteiger partial charge in [0.15, 0.2) is 0 Å². The molecular formula is C12H23NO2. The van der Waals surface area contributed by atoms with Gasteiger partial charge in [0.1, 0.15) is 0 Å². The molecule has 0 aromatic carbocycles. The molecule has 1 atom stereocenters. The summed E-state index contributed by atoms with van der Waals surface area (Å²) in [7, 11) is 0. The van der Waals surface area contributed by atoms with E-state index in [1.165, 1.54) is 25.7 Å². The lowest BCUT2D eigenvalue weighted by Crippen LogP contribution is -2.39. The van der Waals surface area contributed by atoms with Crippen molar-refractivity contribution < 1.29 is 9.84 Å². The van der Waals surface area contributed by atoms with Crippen LogP contribution in [0.3, 0.4) is 0 Å². The maximum Gasteiger partial charge on any atom is 0.216 e.